The number of piperidine rings is 2. The second-order valence-electron chi connectivity index (χ2n) is 10.3. The Hall–Kier alpha value is -2.48. The van der Waals surface area contributed by atoms with Gasteiger partial charge in [-0.25, -0.2) is 9.97 Å². The number of rotatable bonds is 2. The third-order valence-electron chi connectivity index (χ3n) is 8.82. The summed E-state index contributed by atoms with van der Waals surface area (Å²) in [5.41, 5.74) is 1.29. The van der Waals surface area contributed by atoms with E-state index in [4.69, 9.17) is 0 Å². The molecular formula is C24H32N6O2. The van der Waals surface area contributed by atoms with Crippen LogP contribution in [0.3, 0.4) is 0 Å². The number of carbonyl (C=O) groups excluding carboxylic acids is 2. The number of H-pyrrole nitrogens is 1. The van der Waals surface area contributed by atoms with E-state index < -0.39 is 0 Å². The summed E-state index contributed by atoms with van der Waals surface area (Å²) < 4.78 is 0. The molecule has 4 aliphatic heterocycles. The van der Waals surface area contributed by atoms with Crippen molar-refractivity contribution in [2.24, 2.45) is 5.41 Å². The van der Waals surface area contributed by atoms with Crippen LogP contribution in [0.15, 0.2) is 18.6 Å². The lowest BCUT2D eigenvalue weighted by atomic mass is 9.71. The number of likely N-dealkylation sites (tertiary alicyclic amines) is 2. The first-order valence-electron chi connectivity index (χ1n) is 12.2. The minimum absolute atomic E-state index is 0.00104. The number of aromatic amines is 1. The van der Waals surface area contributed by atoms with Crippen LogP contribution in [0.2, 0.25) is 0 Å². The first-order valence-corrected chi connectivity index (χ1v) is 12.2. The van der Waals surface area contributed by atoms with Gasteiger partial charge in [-0.15, -0.1) is 0 Å². The summed E-state index contributed by atoms with van der Waals surface area (Å²) in [4.78, 5) is 44.7. The third kappa shape index (κ3) is 3.06. The molecule has 2 amide bonds. The quantitative estimate of drug-likeness (QED) is 0.782. The van der Waals surface area contributed by atoms with Gasteiger partial charge in [0, 0.05) is 32.4 Å². The molecule has 0 saturated carbocycles. The van der Waals surface area contributed by atoms with Crippen LogP contribution >= 0.6 is 0 Å². The standard InChI is InChI=1S/C24H32N6O2/c31-21(19-18-3-10-25-20(18)27-17-26-19)28-13-6-23(7-14-28)8-15-29(16-9-23)22(32)24-4-1-11-30(24)12-2-5-24/h3,10,17H,1-2,4-9,11-16H2,(H,25,26,27). The zero-order chi connectivity index (χ0) is 21.8. The maximum Gasteiger partial charge on any atom is 0.273 e. The van der Waals surface area contributed by atoms with Gasteiger partial charge >= 0.3 is 0 Å². The Bertz CT molecular complexity index is 1020. The molecule has 8 nitrogen and oxygen atoms in total. The average molecular weight is 437 g/mol. The van der Waals surface area contributed by atoms with Gasteiger partial charge in [0.25, 0.3) is 5.91 Å². The van der Waals surface area contributed by atoms with Crippen molar-refractivity contribution in [1.29, 1.82) is 0 Å². The fraction of sp³-hybridized carbons (Fsp3) is 0.667. The Kier molecular flexibility index (Phi) is 4.75. The predicted octanol–water partition coefficient (Wildman–Crippen LogP) is 2.43. The molecule has 2 aromatic rings. The Balaban J connectivity index is 1.08. The van der Waals surface area contributed by atoms with Gasteiger partial charge in [-0.3, -0.25) is 14.5 Å². The van der Waals surface area contributed by atoms with E-state index in [-0.39, 0.29) is 16.9 Å². The molecule has 0 bridgehead atoms. The zero-order valence-electron chi connectivity index (χ0n) is 18.7. The van der Waals surface area contributed by atoms with Crippen LogP contribution in [0.25, 0.3) is 11.0 Å². The summed E-state index contributed by atoms with van der Waals surface area (Å²) in [7, 11) is 0. The van der Waals surface area contributed by atoms with Gasteiger partial charge in [0.15, 0.2) is 0 Å². The molecule has 6 rings (SSSR count). The maximum absolute atomic E-state index is 13.5. The van der Waals surface area contributed by atoms with E-state index in [1.807, 2.05) is 11.0 Å². The van der Waals surface area contributed by atoms with Gasteiger partial charge in [0.2, 0.25) is 5.91 Å². The van der Waals surface area contributed by atoms with Gasteiger partial charge in [-0.2, -0.15) is 0 Å². The van der Waals surface area contributed by atoms with Crippen LogP contribution in [-0.4, -0.2) is 86.3 Å². The molecule has 1 spiro atoms. The smallest absolute Gasteiger partial charge is 0.273 e. The van der Waals surface area contributed by atoms with Crippen molar-refractivity contribution in [2.45, 2.75) is 56.9 Å². The molecule has 32 heavy (non-hydrogen) atoms. The molecule has 6 heterocycles. The second kappa shape index (κ2) is 7.54. The Morgan fingerprint density at radius 2 is 1.50 bits per heavy atom. The van der Waals surface area contributed by atoms with Crippen LogP contribution in [-0.2, 0) is 4.79 Å². The molecule has 8 heteroatoms. The highest BCUT2D eigenvalue weighted by Gasteiger charge is 2.52. The number of amides is 2. The molecule has 0 radical (unpaired) electrons. The number of carbonyl (C=O) groups is 2. The Morgan fingerprint density at radius 3 is 2.19 bits per heavy atom. The van der Waals surface area contributed by atoms with Gasteiger partial charge < -0.3 is 14.8 Å². The molecular weight excluding hydrogens is 404 g/mol. The van der Waals surface area contributed by atoms with Crippen molar-refractivity contribution in [3.8, 4) is 0 Å². The molecule has 4 saturated heterocycles. The van der Waals surface area contributed by atoms with Gasteiger partial charge in [0.05, 0.1) is 5.39 Å². The van der Waals surface area contributed by atoms with Crippen molar-refractivity contribution in [3.63, 3.8) is 0 Å². The summed E-state index contributed by atoms with van der Waals surface area (Å²) in [6.45, 7) is 5.46. The summed E-state index contributed by atoms with van der Waals surface area (Å²) in [6.07, 6.45) is 11.8. The summed E-state index contributed by atoms with van der Waals surface area (Å²) in [5, 5.41) is 0.789. The van der Waals surface area contributed by atoms with E-state index in [0.717, 1.165) is 96.0 Å². The molecule has 4 fully saturated rings. The molecule has 0 unspecified atom stereocenters. The van der Waals surface area contributed by atoms with E-state index >= 15 is 0 Å². The highest BCUT2D eigenvalue weighted by molar-refractivity contribution is 6.03. The zero-order valence-corrected chi connectivity index (χ0v) is 18.7. The van der Waals surface area contributed by atoms with Crippen LogP contribution in [0.5, 0.6) is 0 Å². The van der Waals surface area contributed by atoms with Crippen LogP contribution in [0.4, 0.5) is 0 Å². The van der Waals surface area contributed by atoms with Crippen molar-refractivity contribution < 1.29 is 9.59 Å². The van der Waals surface area contributed by atoms with E-state index in [1.165, 1.54) is 6.33 Å². The highest BCUT2D eigenvalue weighted by atomic mass is 16.2. The van der Waals surface area contributed by atoms with Crippen LogP contribution < -0.4 is 0 Å². The summed E-state index contributed by atoms with van der Waals surface area (Å²) in [5.74, 6) is 0.398. The molecule has 0 aromatic carbocycles. The number of aromatic nitrogens is 3. The maximum atomic E-state index is 13.5. The van der Waals surface area contributed by atoms with Crippen molar-refractivity contribution in [1.82, 2.24) is 29.7 Å². The lowest BCUT2D eigenvalue weighted by molar-refractivity contribution is -0.144. The molecule has 1 N–H and O–H groups in total. The number of nitrogens with zero attached hydrogens (tertiary/aromatic N) is 5. The van der Waals surface area contributed by atoms with Crippen molar-refractivity contribution in [2.75, 3.05) is 39.3 Å². The highest BCUT2D eigenvalue weighted by Crippen LogP contribution is 2.44. The minimum Gasteiger partial charge on any atom is -0.346 e. The summed E-state index contributed by atoms with van der Waals surface area (Å²) >= 11 is 0. The normalized spacial score (nSPS) is 24.9. The predicted molar refractivity (Wildman–Crippen MR) is 120 cm³/mol. The van der Waals surface area contributed by atoms with Gasteiger partial charge in [-0.05, 0) is 75.9 Å². The van der Waals surface area contributed by atoms with Crippen LogP contribution in [0, 0.1) is 5.41 Å². The molecule has 170 valence electrons. The first-order chi connectivity index (χ1) is 15.6. The fourth-order valence-corrected chi connectivity index (χ4v) is 6.81. The van der Waals surface area contributed by atoms with Gasteiger partial charge in [0.1, 0.15) is 23.2 Å². The van der Waals surface area contributed by atoms with Crippen molar-refractivity contribution in [3.05, 3.63) is 24.3 Å². The van der Waals surface area contributed by atoms with E-state index in [9.17, 15) is 9.59 Å². The summed E-state index contributed by atoms with van der Waals surface area (Å²) in [6, 6.07) is 1.87. The molecule has 0 aliphatic carbocycles. The topological polar surface area (TPSA) is 85.4 Å². The van der Waals surface area contributed by atoms with Crippen LogP contribution in [0.1, 0.15) is 61.9 Å². The average Bonchev–Trinajstić information content (AvgIpc) is 3.55. The Labute approximate surface area is 188 Å². The monoisotopic (exact) mass is 436 g/mol. The van der Waals surface area contributed by atoms with E-state index in [0.29, 0.717) is 17.2 Å². The number of fused-ring (bicyclic) bond motifs is 2. The minimum atomic E-state index is -0.179. The number of hydrogen-bond donors (Lipinski definition) is 1. The van der Waals surface area contributed by atoms with Gasteiger partial charge in [-0.1, -0.05) is 0 Å². The van der Waals surface area contributed by atoms with E-state index in [1.54, 1.807) is 6.20 Å². The number of hydrogen-bond acceptors (Lipinski definition) is 5. The lowest BCUT2D eigenvalue weighted by Gasteiger charge is -2.48. The van der Waals surface area contributed by atoms with Crippen molar-refractivity contribution >= 4 is 22.8 Å². The molecule has 2 aromatic heterocycles. The number of nitrogens with one attached hydrogen (secondary N) is 1. The largest absolute Gasteiger partial charge is 0.346 e. The molecule has 4 aliphatic rings. The Morgan fingerprint density at radius 1 is 0.844 bits per heavy atom. The third-order valence-corrected chi connectivity index (χ3v) is 8.82. The lowest BCUT2D eigenvalue weighted by Crippen LogP contribution is -2.57. The van der Waals surface area contributed by atoms with E-state index in [2.05, 4.69) is 24.8 Å². The SMILES string of the molecule is O=C(c1ncnc2[nH]ccc12)N1CCC2(CC1)CCN(C(=O)C13CCCN1CCC3)CC2. The first kappa shape index (κ1) is 20.1. The fourth-order valence-electron chi connectivity index (χ4n) is 6.81. The second-order valence-corrected chi connectivity index (χ2v) is 10.3. The molecule has 0 atom stereocenters.